The van der Waals surface area contributed by atoms with Crippen LogP contribution in [0.25, 0.3) is 0 Å². The molecular weight excluding hydrogens is 462 g/mol. The van der Waals surface area contributed by atoms with Gasteiger partial charge >= 0.3 is 5.97 Å². The van der Waals surface area contributed by atoms with Crippen molar-refractivity contribution in [3.8, 4) is 0 Å². The second-order valence-corrected chi connectivity index (χ2v) is 11.0. The summed E-state index contributed by atoms with van der Waals surface area (Å²) in [4.78, 5) is 45.4. The summed E-state index contributed by atoms with van der Waals surface area (Å²) in [7, 11) is 0. The van der Waals surface area contributed by atoms with Gasteiger partial charge in [-0.25, -0.2) is 9.78 Å². The van der Waals surface area contributed by atoms with E-state index in [2.05, 4.69) is 25.8 Å². The average molecular weight is 492 g/mol. The number of hydrogen-bond acceptors (Lipinski definition) is 5. The molecule has 1 saturated heterocycles. The van der Waals surface area contributed by atoms with E-state index in [9.17, 15) is 19.5 Å². The molecule has 0 unspecified atom stereocenters. The third kappa shape index (κ3) is 4.58. The predicted octanol–water partition coefficient (Wildman–Crippen LogP) is 4.20. The third-order valence-corrected chi connectivity index (χ3v) is 7.55. The second-order valence-electron chi connectivity index (χ2n) is 10.0. The maximum absolute atomic E-state index is 14.1. The molecule has 35 heavy (non-hydrogen) atoms. The van der Waals surface area contributed by atoms with Crippen molar-refractivity contribution >= 4 is 29.1 Å². The van der Waals surface area contributed by atoms with Crippen LogP contribution in [0.3, 0.4) is 0 Å². The van der Waals surface area contributed by atoms with E-state index >= 15 is 0 Å². The molecule has 1 aliphatic heterocycles. The molecule has 2 amide bonds. The van der Waals surface area contributed by atoms with Crippen LogP contribution in [0.1, 0.15) is 59.7 Å². The number of aromatic nitrogens is 1. The van der Waals surface area contributed by atoms with E-state index in [0.29, 0.717) is 10.6 Å². The largest absolute Gasteiger partial charge is 0.479 e. The van der Waals surface area contributed by atoms with E-state index in [-0.39, 0.29) is 18.3 Å². The number of nitrogens with zero attached hydrogens (tertiary/aromatic N) is 2. The van der Waals surface area contributed by atoms with Gasteiger partial charge in [-0.05, 0) is 35.1 Å². The standard InChI is InChI=1S/C27H29N3O4S/c1-26(2,3)19-11-9-18(10-12-19)24(32)30-21(23-29-13-14-35-23)20(22(28)31)16-27(30,25(33)34)15-17-7-5-4-6-8-17/h4-14,20-21H,15-16H2,1-3H3,(H2,28,31)(H,33,34)/t20-,21+,27-/m0/s1. The van der Waals surface area contributed by atoms with Crippen molar-refractivity contribution in [2.45, 2.75) is 50.6 Å². The quantitative estimate of drug-likeness (QED) is 0.537. The minimum Gasteiger partial charge on any atom is -0.479 e. The molecule has 1 aromatic heterocycles. The number of aliphatic carboxylic acids is 1. The van der Waals surface area contributed by atoms with Crippen LogP contribution >= 0.6 is 11.3 Å². The summed E-state index contributed by atoms with van der Waals surface area (Å²) in [5.41, 5.74) is 6.16. The summed E-state index contributed by atoms with van der Waals surface area (Å²) < 4.78 is 0. The van der Waals surface area contributed by atoms with E-state index in [1.165, 1.54) is 16.2 Å². The molecule has 3 atom stereocenters. The van der Waals surface area contributed by atoms with Gasteiger partial charge in [0, 0.05) is 23.6 Å². The smallest absolute Gasteiger partial charge is 0.330 e. The van der Waals surface area contributed by atoms with E-state index in [1.807, 2.05) is 42.5 Å². The Hall–Kier alpha value is -3.52. The number of carbonyl (C=O) groups is 3. The van der Waals surface area contributed by atoms with Gasteiger partial charge < -0.3 is 15.7 Å². The minimum absolute atomic E-state index is 0.0423. The maximum atomic E-state index is 14.1. The fraction of sp³-hybridized carbons (Fsp3) is 0.333. The minimum atomic E-state index is -1.67. The monoisotopic (exact) mass is 491 g/mol. The second kappa shape index (κ2) is 9.26. The van der Waals surface area contributed by atoms with Crippen LogP contribution in [0, 0.1) is 5.92 Å². The van der Waals surface area contributed by atoms with Gasteiger partial charge in [0.1, 0.15) is 10.5 Å². The van der Waals surface area contributed by atoms with E-state index < -0.39 is 35.3 Å². The lowest BCUT2D eigenvalue weighted by Gasteiger charge is -2.38. The predicted molar refractivity (Wildman–Crippen MR) is 134 cm³/mol. The number of hydrogen-bond donors (Lipinski definition) is 2. The number of amides is 2. The molecule has 0 radical (unpaired) electrons. The number of rotatable bonds is 6. The molecule has 0 spiro atoms. The Morgan fingerprint density at radius 3 is 2.29 bits per heavy atom. The number of likely N-dealkylation sites (tertiary alicyclic amines) is 1. The van der Waals surface area contributed by atoms with Crippen LogP contribution in [-0.2, 0) is 21.4 Å². The van der Waals surface area contributed by atoms with Crippen LogP contribution in [0.15, 0.2) is 66.2 Å². The molecule has 8 heteroatoms. The number of primary amides is 1. The number of carboxylic acids is 1. The lowest BCUT2D eigenvalue weighted by molar-refractivity contribution is -0.149. The summed E-state index contributed by atoms with van der Waals surface area (Å²) in [5.74, 6) is -3.18. The summed E-state index contributed by atoms with van der Waals surface area (Å²) in [5, 5.41) is 12.8. The number of thiazole rings is 1. The topological polar surface area (TPSA) is 114 Å². The van der Waals surface area contributed by atoms with Crippen LogP contribution in [-0.4, -0.2) is 38.3 Å². The highest BCUT2D eigenvalue weighted by Crippen LogP contribution is 2.49. The molecule has 2 aromatic carbocycles. The van der Waals surface area contributed by atoms with Gasteiger partial charge in [-0.3, -0.25) is 9.59 Å². The number of benzene rings is 2. The Morgan fingerprint density at radius 2 is 1.77 bits per heavy atom. The van der Waals surface area contributed by atoms with Gasteiger partial charge in [0.15, 0.2) is 0 Å². The molecule has 3 N–H and O–H groups in total. The fourth-order valence-electron chi connectivity index (χ4n) is 4.87. The zero-order chi connectivity index (χ0) is 25.4. The number of carboxylic acid groups (broad SMARTS) is 1. The van der Waals surface area contributed by atoms with Gasteiger partial charge in [-0.2, -0.15) is 0 Å². The van der Waals surface area contributed by atoms with Gasteiger partial charge in [-0.15, -0.1) is 11.3 Å². The van der Waals surface area contributed by atoms with Crippen LogP contribution in [0.2, 0.25) is 0 Å². The summed E-state index contributed by atoms with van der Waals surface area (Å²) in [6.07, 6.45) is 1.53. The average Bonchev–Trinajstić information content (AvgIpc) is 3.45. The zero-order valence-corrected chi connectivity index (χ0v) is 20.8. The highest BCUT2D eigenvalue weighted by molar-refractivity contribution is 7.09. The lowest BCUT2D eigenvalue weighted by atomic mass is 9.84. The molecule has 1 aliphatic rings. The first-order chi connectivity index (χ1) is 16.5. The van der Waals surface area contributed by atoms with Crippen molar-refractivity contribution in [3.05, 3.63) is 87.9 Å². The van der Waals surface area contributed by atoms with Gasteiger partial charge in [0.05, 0.1) is 12.0 Å². The molecule has 2 heterocycles. The van der Waals surface area contributed by atoms with Crippen molar-refractivity contribution in [2.75, 3.05) is 0 Å². The molecule has 3 aromatic rings. The van der Waals surface area contributed by atoms with Crippen molar-refractivity contribution in [2.24, 2.45) is 11.7 Å². The summed E-state index contributed by atoms with van der Waals surface area (Å²) >= 11 is 1.28. The van der Waals surface area contributed by atoms with Crippen LogP contribution in [0.5, 0.6) is 0 Å². The van der Waals surface area contributed by atoms with Crippen molar-refractivity contribution < 1.29 is 19.5 Å². The van der Waals surface area contributed by atoms with Crippen molar-refractivity contribution in [3.63, 3.8) is 0 Å². The molecule has 0 bridgehead atoms. The Labute approximate surface area is 208 Å². The van der Waals surface area contributed by atoms with Gasteiger partial charge in [0.25, 0.3) is 5.91 Å². The zero-order valence-electron chi connectivity index (χ0n) is 20.0. The fourth-order valence-corrected chi connectivity index (χ4v) is 5.66. The Kier molecular flexibility index (Phi) is 6.51. The Bertz CT molecular complexity index is 1220. The molecule has 7 nitrogen and oxygen atoms in total. The van der Waals surface area contributed by atoms with E-state index in [4.69, 9.17) is 5.73 Å². The molecule has 4 rings (SSSR count). The van der Waals surface area contributed by atoms with E-state index in [0.717, 1.165) is 11.1 Å². The normalized spacial score (nSPS) is 22.2. The van der Waals surface area contributed by atoms with Crippen LogP contribution in [0.4, 0.5) is 0 Å². The first kappa shape index (κ1) is 24.6. The van der Waals surface area contributed by atoms with E-state index in [1.54, 1.807) is 23.7 Å². The van der Waals surface area contributed by atoms with Crippen molar-refractivity contribution in [1.29, 1.82) is 0 Å². The highest BCUT2D eigenvalue weighted by atomic mass is 32.1. The maximum Gasteiger partial charge on any atom is 0.330 e. The molecule has 0 aliphatic carbocycles. The Morgan fingerprint density at radius 1 is 1.11 bits per heavy atom. The molecule has 0 saturated carbocycles. The summed E-state index contributed by atoms with van der Waals surface area (Å²) in [6, 6.07) is 15.5. The molecule has 1 fully saturated rings. The first-order valence-electron chi connectivity index (χ1n) is 11.4. The number of carbonyl (C=O) groups excluding carboxylic acids is 2. The first-order valence-corrected chi connectivity index (χ1v) is 12.3. The number of nitrogens with two attached hydrogens (primary N) is 1. The Balaban J connectivity index is 1.88. The van der Waals surface area contributed by atoms with Crippen molar-refractivity contribution in [1.82, 2.24) is 9.88 Å². The third-order valence-electron chi connectivity index (χ3n) is 6.70. The summed E-state index contributed by atoms with van der Waals surface area (Å²) in [6.45, 7) is 6.24. The van der Waals surface area contributed by atoms with Crippen LogP contribution < -0.4 is 5.73 Å². The lowest BCUT2D eigenvalue weighted by Crippen LogP contribution is -2.55. The van der Waals surface area contributed by atoms with Gasteiger partial charge in [-0.1, -0.05) is 63.2 Å². The molecule has 182 valence electrons. The van der Waals surface area contributed by atoms with Gasteiger partial charge in [0.2, 0.25) is 5.91 Å². The SMILES string of the molecule is CC(C)(C)c1ccc(C(=O)N2[C@@H](c3nccs3)[C@@H](C(N)=O)C[C@@]2(Cc2ccccc2)C(=O)O)cc1. The highest BCUT2D eigenvalue weighted by Gasteiger charge is 2.61. The molecular formula is C27H29N3O4S.